The summed E-state index contributed by atoms with van der Waals surface area (Å²) in [5.74, 6) is -0.420. The summed E-state index contributed by atoms with van der Waals surface area (Å²) in [6.07, 6.45) is 6.87. The van der Waals surface area contributed by atoms with Gasteiger partial charge in [0.25, 0.3) is 5.91 Å². The van der Waals surface area contributed by atoms with E-state index in [0.29, 0.717) is 4.88 Å². The van der Waals surface area contributed by atoms with E-state index in [1.54, 1.807) is 25.1 Å². The van der Waals surface area contributed by atoms with Crippen molar-refractivity contribution < 1.29 is 9.21 Å². The smallest absolute Gasteiger partial charge is 0.259 e. The second-order valence-corrected chi connectivity index (χ2v) is 7.19. The van der Waals surface area contributed by atoms with Crippen molar-refractivity contribution in [2.75, 3.05) is 0 Å². The number of carbonyl (C=O) groups is 1. The van der Waals surface area contributed by atoms with Crippen molar-refractivity contribution in [3.05, 3.63) is 77.8 Å². The Hall–Kier alpha value is -3.71. The maximum absolute atomic E-state index is 11.7. The maximum Gasteiger partial charge on any atom is 0.259 e. The monoisotopic (exact) mass is 386 g/mol. The molecular weight excluding hydrogens is 372 g/mol. The molecule has 0 unspecified atom stereocenters. The van der Waals surface area contributed by atoms with Crippen molar-refractivity contribution in [1.29, 1.82) is 0 Å². The van der Waals surface area contributed by atoms with Crippen LogP contribution in [0.25, 0.3) is 39.1 Å². The Bertz CT molecular complexity index is 1300. The number of thiophene rings is 1. The largest absolute Gasteiger partial charge is 0.472 e. The van der Waals surface area contributed by atoms with Gasteiger partial charge >= 0.3 is 0 Å². The molecule has 0 radical (unpaired) electrons. The highest BCUT2D eigenvalue weighted by molar-refractivity contribution is 7.12. The number of carbonyl (C=O) groups excluding carboxylic acids is 1. The van der Waals surface area contributed by atoms with Gasteiger partial charge in [0, 0.05) is 28.6 Å². The van der Waals surface area contributed by atoms with Crippen molar-refractivity contribution in [3.63, 3.8) is 0 Å². The minimum atomic E-state index is -0.420. The molecule has 0 saturated heterocycles. The minimum Gasteiger partial charge on any atom is -0.472 e. The van der Waals surface area contributed by atoms with Gasteiger partial charge in [-0.3, -0.25) is 9.36 Å². The summed E-state index contributed by atoms with van der Waals surface area (Å²) >= 11 is 1.34. The lowest BCUT2D eigenvalue weighted by Gasteiger charge is -2.07. The molecule has 0 saturated carbocycles. The molecule has 0 atom stereocenters. The number of imidazole rings is 1. The standard InChI is InChI=1S/C21H14N4O2S/c22-20(26)19-17(5-7-28-19)13-2-1-3-16(8-13)25-12-24-18-9-15(10-23-21(18)25)14-4-6-27-11-14/h1-12H,(H2,22,26). The van der Waals surface area contributed by atoms with Gasteiger partial charge in [-0.2, -0.15) is 0 Å². The van der Waals surface area contributed by atoms with Crippen LogP contribution < -0.4 is 5.73 Å². The van der Waals surface area contributed by atoms with Gasteiger partial charge in [0.2, 0.25) is 0 Å². The predicted octanol–water partition coefficient (Wildman–Crippen LogP) is 4.51. The third-order valence-electron chi connectivity index (χ3n) is 4.57. The maximum atomic E-state index is 11.7. The average molecular weight is 386 g/mol. The molecule has 0 aliphatic heterocycles. The van der Waals surface area contributed by atoms with Crippen molar-refractivity contribution in [3.8, 4) is 27.9 Å². The highest BCUT2D eigenvalue weighted by Gasteiger charge is 2.13. The van der Waals surface area contributed by atoms with Crippen LogP contribution in [0, 0.1) is 0 Å². The fourth-order valence-electron chi connectivity index (χ4n) is 3.23. The van der Waals surface area contributed by atoms with E-state index in [9.17, 15) is 4.79 Å². The molecule has 1 aromatic carbocycles. The lowest BCUT2D eigenvalue weighted by Crippen LogP contribution is -2.09. The van der Waals surface area contributed by atoms with Gasteiger partial charge in [-0.15, -0.1) is 11.3 Å². The number of rotatable bonds is 4. The van der Waals surface area contributed by atoms with E-state index in [4.69, 9.17) is 10.2 Å². The fourth-order valence-corrected chi connectivity index (χ4v) is 4.00. The van der Waals surface area contributed by atoms with Crippen LogP contribution in [0.3, 0.4) is 0 Å². The van der Waals surface area contributed by atoms with Crippen LogP contribution in [0.2, 0.25) is 0 Å². The molecule has 136 valence electrons. The Morgan fingerprint density at radius 3 is 2.82 bits per heavy atom. The number of primary amides is 1. The first kappa shape index (κ1) is 16.5. The molecule has 7 heteroatoms. The summed E-state index contributed by atoms with van der Waals surface area (Å²) in [5.41, 5.74) is 11.6. The molecule has 4 aromatic heterocycles. The van der Waals surface area contributed by atoms with Gasteiger partial charge in [0.05, 0.1) is 17.4 Å². The van der Waals surface area contributed by atoms with E-state index in [-0.39, 0.29) is 0 Å². The minimum absolute atomic E-state index is 0.420. The second kappa shape index (κ2) is 6.47. The number of fused-ring (bicyclic) bond motifs is 1. The van der Waals surface area contributed by atoms with Crippen molar-refractivity contribution in [2.24, 2.45) is 5.73 Å². The normalized spacial score (nSPS) is 11.1. The van der Waals surface area contributed by atoms with Crippen molar-refractivity contribution in [2.45, 2.75) is 0 Å². The van der Waals surface area contributed by atoms with Crippen LogP contribution in [0.5, 0.6) is 0 Å². The first-order valence-corrected chi connectivity index (χ1v) is 9.42. The van der Waals surface area contributed by atoms with E-state index in [1.165, 1.54) is 11.3 Å². The number of benzene rings is 1. The Labute approximate surface area is 163 Å². The zero-order chi connectivity index (χ0) is 19.1. The first-order chi connectivity index (χ1) is 13.7. The third kappa shape index (κ3) is 2.69. The molecular formula is C21H14N4O2S. The topological polar surface area (TPSA) is 86.9 Å². The summed E-state index contributed by atoms with van der Waals surface area (Å²) < 4.78 is 7.07. The van der Waals surface area contributed by atoms with Crippen LogP contribution in [0.4, 0.5) is 0 Å². The lowest BCUT2D eigenvalue weighted by atomic mass is 10.1. The number of nitrogens with two attached hydrogens (primary N) is 1. The zero-order valence-electron chi connectivity index (χ0n) is 14.6. The summed E-state index contributed by atoms with van der Waals surface area (Å²) in [5, 5.41) is 1.87. The van der Waals surface area contributed by atoms with Gasteiger partial charge in [0.1, 0.15) is 11.8 Å². The molecule has 0 fully saturated rings. The highest BCUT2D eigenvalue weighted by atomic mass is 32.1. The predicted molar refractivity (Wildman–Crippen MR) is 108 cm³/mol. The van der Waals surface area contributed by atoms with E-state index < -0.39 is 5.91 Å². The number of pyridine rings is 1. The molecule has 0 aliphatic carbocycles. The summed E-state index contributed by atoms with van der Waals surface area (Å²) in [6.45, 7) is 0. The van der Waals surface area contributed by atoms with Crippen molar-refractivity contribution in [1.82, 2.24) is 14.5 Å². The Morgan fingerprint density at radius 1 is 1.07 bits per heavy atom. The zero-order valence-corrected chi connectivity index (χ0v) is 15.4. The summed E-state index contributed by atoms with van der Waals surface area (Å²) in [4.78, 5) is 21.3. The third-order valence-corrected chi connectivity index (χ3v) is 5.50. The fraction of sp³-hybridized carbons (Fsp3) is 0. The van der Waals surface area contributed by atoms with Crippen LogP contribution in [0.15, 0.2) is 77.3 Å². The van der Waals surface area contributed by atoms with E-state index in [1.807, 2.05) is 52.4 Å². The van der Waals surface area contributed by atoms with Crippen LogP contribution in [-0.4, -0.2) is 20.4 Å². The van der Waals surface area contributed by atoms with Crippen molar-refractivity contribution >= 4 is 28.4 Å². The van der Waals surface area contributed by atoms with E-state index >= 15 is 0 Å². The summed E-state index contributed by atoms with van der Waals surface area (Å²) in [6, 6.07) is 13.7. The summed E-state index contributed by atoms with van der Waals surface area (Å²) in [7, 11) is 0. The molecule has 28 heavy (non-hydrogen) atoms. The number of hydrogen-bond donors (Lipinski definition) is 1. The molecule has 2 N–H and O–H groups in total. The molecule has 6 nitrogen and oxygen atoms in total. The van der Waals surface area contributed by atoms with Gasteiger partial charge in [-0.05, 0) is 41.3 Å². The second-order valence-electron chi connectivity index (χ2n) is 6.27. The molecule has 0 spiro atoms. The Morgan fingerprint density at radius 2 is 2.00 bits per heavy atom. The van der Waals surface area contributed by atoms with Gasteiger partial charge < -0.3 is 10.2 Å². The number of hydrogen-bond acceptors (Lipinski definition) is 5. The van der Waals surface area contributed by atoms with Crippen LogP contribution in [0.1, 0.15) is 9.67 Å². The Balaban J connectivity index is 1.59. The molecule has 5 aromatic rings. The number of furan rings is 1. The van der Waals surface area contributed by atoms with Crippen LogP contribution >= 0.6 is 11.3 Å². The first-order valence-electron chi connectivity index (χ1n) is 8.54. The molecule has 4 heterocycles. The number of amides is 1. The number of aromatic nitrogens is 3. The average Bonchev–Trinajstić information content (AvgIpc) is 3.47. The van der Waals surface area contributed by atoms with Crippen LogP contribution in [-0.2, 0) is 0 Å². The van der Waals surface area contributed by atoms with E-state index in [0.717, 1.165) is 39.1 Å². The molecule has 0 bridgehead atoms. The van der Waals surface area contributed by atoms with Gasteiger partial charge in [0.15, 0.2) is 5.65 Å². The lowest BCUT2D eigenvalue weighted by molar-refractivity contribution is 0.100. The molecule has 1 amide bonds. The SMILES string of the molecule is NC(=O)c1sccc1-c1cccc(-n2cnc3cc(-c4ccoc4)cnc32)c1. The Kier molecular flexibility index (Phi) is 3.80. The van der Waals surface area contributed by atoms with Gasteiger partial charge in [-0.1, -0.05) is 12.1 Å². The quantitative estimate of drug-likeness (QED) is 0.492. The number of nitrogens with zero attached hydrogens (tertiary/aromatic N) is 3. The highest BCUT2D eigenvalue weighted by Crippen LogP contribution is 2.30. The van der Waals surface area contributed by atoms with Gasteiger partial charge in [-0.25, -0.2) is 9.97 Å². The van der Waals surface area contributed by atoms with E-state index in [2.05, 4.69) is 9.97 Å². The molecule has 5 rings (SSSR count). The molecule has 0 aliphatic rings.